The second kappa shape index (κ2) is 8.22. The molecule has 0 aliphatic carbocycles. The first-order valence-electron chi connectivity index (χ1n) is 8.64. The molecule has 2 aromatic carbocycles. The molecule has 6 nitrogen and oxygen atoms in total. The maximum absolute atomic E-state index is 12.5. The van der Waals surface area contributed by atoms with Gasteiger partial charge in [-0.1, -0.05) is 30.3 Å². The minimum atomic E-state index is -0.419. The van der Waals surface area contributed by atoms with Gasteiger partial charge in [0.05, 0.1) is 11.0 Å². The van der Waals surface area contributed by atoms with Gasteiger partial charge in [0.25, 0.3) is 0 Å². The van der Waals surface area contributed by atoms with E-state index >= 15 is 0 Å². The van der Waals surface area contributed by atoms with Crippen LogP contribution in [-0.2, 0) is 17.9 Å². The number of benzene rings is 2. The third-order valence-corrected chi connectivity index (χ3v) is 4.68. The number of para-hydroxylation sites is 3. The van der Waals surface area contributed by atoms with Crippen molar-refractivity contribution < 1.29 is 14.3 Å². The summed E-state index contributed by atoms with van der Waals surface area (Å²) in [5.74, 6) is 1.34. The van der Waals surface area contributed by atoms with Gasteiger partial charge in [0.1, 0.15) is 29.3 Å². The minimum Gasteiger partial charge on any atom is -0.486 e. The van der Waals surface area contributed by atoms with Crippen LogP contribution >= 0.6 is 15.9 Å². The van der Waals surface area contributed by atoms with Crippen LogP contribution in [0.2, 0.25) is 0 Å². The fraction of sp³-hybridized carbons (Fsp3) is 0.0952. The van der Waals surface area contributed by atoms with Crippen LogP contribution in [0.4, 0.5) is 0 Å². The summed E-state index contributed by atoms with van der Waals surface area (Å²) < 4.78 is 13.6. The monoisotopic (exact) mass is 437 g/mol. The van der Waals surface area contributed by atoms with Crippen LogP contribution in [0.1, 0.15) is 5.82 Å². The Morgan fingerprint density at radius 1 is 1.00 bits per heavy atom. The number of halogens is 1. The number of carbonyl (C=O) groups excluding carboxylic acids is 1. The predicted octanol–water partition coefficient (Wildman–Crippen LogP) is 4.38. The van der Waals surface area contributed by atoms with Crippen molar-refractivity contribution in [3.05, 3.63) is 83.4 Å². The second-order valence-corrected chi connectivity index (χ2v) is 6.72. The highest BCUT2D eigenvalue weighted by molar-refractivity contribution is 9.10. The van der Waals surface area contributed by atoms with Gasteiger partial charge < -0.3 is 14.0 Å². The van der Waals surface area contributed by atoms with E-state index in [2.05, 4.69) is 25.9 Å². The van der Waals surface area contributed by atoms with Crippen LogP contribution in [0, 0.1) is 0 Å². The first-order chi connectivity index (χ1) is 13.7. The highest BCUT2D eigenvalue weighted by Crippen LogP contribution is 2.22. The van der Waals surface area contributed by atoms with Crippen LogP contribution in [0.15, 0.2) is 77.5 Å². The summed E-state index contributed by atoms with van der Waals surface area (Å²) in [5.41, 5.74) is 1.64. The molecule has 0 saturated carbocycles. The van der Waals surface area contributed by atoms with Crippen LogP contribution in [0.25, 0.3) is 11.0 Å². The predicted molar refractivity (Wildman–Crippen MR) is 108 cm³/mol. The minimum absolute atomic E-state index is 0.00926. The highest BCUT2D eigenvalue weighted by atomic mass is 79.9. The number of ether oxygens (including phenoxy) is 2. The maximum Gasteiger partial charge on any atom is 0.331 e. The molecule has 0 fully saturated rings. The zero-order chi connectivity index (χ0) is 19.3. The molecule has 0 bridgehead atoms. The molecule has 0 radical (unpaired) electrons. The van der Waals surface area contributed by atoms with Gasteiger partial charge in [0.15, 0.2) is 5.75 Å². The molecule has 0 aliphatic heterocycles. The first kappa shape index (κ1) is 18.2. The standard InChI is InChI=1S/C21H16BrN3O3/c22-21-18(11-6-12-23-21)28-20(26)13-25-17-10-5-4-9-16(17)24-19(25)14-27-15-7-2-1-3-8-15/h1-12H,13-14H2. The largest absolute Gasteiger partial charge is 0.486 e. The SMILES string of the molecule is O=C(Cn1c(COc2ccccc2)nc2ccccc21)Oc1cccnc1Br. The molecule has 2 heterocycles. The Hall–Kier alpha value is -3.19. The van der Waals surface area contributed by atoms with Gasteiger partial charge in [-0.3, -0.25) is 0 Å². The van der Waals surface area contributed by atoms with Crippen molar-refractivity contribution in [1.82, 2.24) is 14.5 Å². The first-order valence-corrected chi connectivity index (χ1v) is 9.43. The van der Waals surface area contributed by atoms with E-state index in [4.69, 9.17) is 9.47 Å². The number of carbonyl (C=O) groups is 1. The molecular weight excluding hydrogens is 422 g/mol. The average Bonchev–Trinajstić information content (AvgIpc) is 3.06. The van der Waals surface area contributed by atoms with E-state index in [1.54, 1.807) is 18.3 Å². The van der Waals surface area contributed by atoms with Crippen molar-refractivity contribution in [2.45, 2.75) is 13.2 Å². The molecular formula is C21H16BrN3O3. The van der Waals surface area contributed by atoms with Crippen molar-refractivity contribution in [3.63, 3.8) is 0 Å². The Labute approximate surface area is 169 Å². The molecule has 0 unspecified atom stereocenters. The van der Waals surface area contributed by atoms with Crippen molar-refractivity contribution in [2.24, 2.45) is 0 Å². The van der Waals surface area contributed by atoms with Gasteiger partial charge in [0.2, 0.25) is 0 Å². The van der Waals surface area contributed by atoms with E-state index in [1.165, 1.54) is 0 Å². The topological polar surface area (TPSA) is 66.2 Å². The van der Waals surface area contributed by atoms with Gasteiger partial charge in [-0.25, -0.2) is 14.8 Å². The number of nitrogens with zero attached hydrogens (tertiary/aromatic N) is 3. The molecule has 0 amide bonds. The number of aromatic nitrogens is 3. The van der Waals surface area contributed by atoms with Crippen LogP contribution in [0.3, 0.4) is 0 Å². The Kier molecular flexibility index (Phi) is 5.34. The van der Waals surface area contributed by atoms with Crippen LogP contribution in [0.5, 0.6) is 11.5 Å². The van der Waals surface area contributed by atoms with Crippen LogP contribution < -0.4 is 9.47 Å². The van der Waals surface area contributed by atoms with Gasteiger partial charge in [-0.05, 0) is 52.3 Å². The Balaban J connectivity index is 1.58. The fourth-order valence-electron chi connectivity index (χ4n) is 2.81. The number of esters is 1. The van der Waals surface area contributed by atoms with Gasteiger partial charge in [-0.15, -0.1) is 0 Å². The van der Waals surface area contributed by atoms with E-state index in [-0.39, 0.29) is 13.2 Å². The number of pyridine rings is 1. The number of hydrogen-bond acceptors (Lipinski definition) is 5. The summed E-state index contributed by atoms with van der Waals surface area (Å²) in [6.45, 7) is 0.248. The summed E-state index contributed by atoms with van der Waals surface area (Å²) >= 11 is 3.28. The lowest BCUT2D eigenvalue weighted by atomic mass is 10.3. The van der Waals surface area contributed by atoms with Crippen molar-refractivity contribution in [3.8, 4) is 11.5 Å². The number of hydrogen-bond donors (Lipinski definition) is 0. The number of fused-ring (bicyclic) bond motifs is 1. The van der Waals surface area contributed by atoms with E-state index in [0.717, 1.165) is 16.8 Å². The smallest absolute Gasteiger partial charge is 0.331 e. The van der Waals surface area contributed by atoms with Gasteiger partial charge in [-0.2, -0.15) is 0 Å². The number of imidazole rings is 1. The Bertz CT molecular complexity index is 1110. The quantitative estimate of drug-likeness (QED) is 0.330. The molecule has 0 spiro atoms. The molecule has 7 heteroatoms. The lowest BCUT2D eigenvalue weighted by Crippen LogP contribution is -2.19. The van der Waals surface area contributed by atoms with Crippen molar-refractivity contribution >= 4 is 32.9 Å². The zero-order valence-corrected chi connectivity index (χ0v) is 16.4. The molecule has 0 aliphatic rings. The van der Waals surface area contributed by atoms with E-state index < -0.39 is 5.97 Å². The van der Waals surface area contributed by atoms with E-state index in [1.807, 2.05) is 59.2 Å². The lowest BCUT2D eigenvalue weighted by molar-refractivity contribution is -0.135. The third kappa shape index (κ3) is 4.04. The molecule has 0 saturated heterocycles. The summed E-state index contributed by atoms with van der Waals surface area (Å²) in [4.78, 5) is 21.2. The summed E-state index contributed by atoms with van der Waals surface area (Å²) in [5, 5.41) is 0. The normalized spacial score (nSPS) is 10.8. The Morgan fingerprint density at radius 3 is 2.61 bits per heavy atom. The second-order valence-electron chi connectivity index (χ2n) is 5.97. The average molecular weight is 438 g/mol. The molecule has 0 N–H and O–H groups in total. The van der Waals surface area contributed by atoms with Crippen molar-refractivity contribution in [1.29, 1.82) is 0 Å². The third-order valence-electron chi connectivity index (χ3n) is 4.08. The lowest BCUT2D eigenvalue weighted by Gasteiger charge is -2.11. The summed E-state index contributed by atoms with van der Waals surface area (Å²) in [6.07, 6.45) is 1.61. The van der Waals surface area contributed by atoms with Crippen molar-refractivity contribution in [2.75, 3.05) is 0 Å². The molecule has 2 aromatic heterocycles. The van der Waals surface area contributed by atoms with Crippen LogP contribution in [-0.4, -0.2) is 20.5 Å². The Morgan fingerprint density at radius 2 is 1.79 bits per heavy atom. The summed E-state index contributed by atoms with van der Waals surface area (Å²) in [7, 11) is 0. The zero-order valence-electron chi connectivity index (χ0n) is 14.8. The molecule has 4 rings (SSSR count). The molecule has 28 heavy (non-hydrogen) atoms. The van der Waals surface area contributed by atoms with Gasteiger partial charge >= 0.3 is 5.97 Å². The fourth-order valence-corrected chi connectivity index (χ4v) is 3.14. The molecule has 140 valence electrons. The van der Waals surface area contributed by atoms with Gasteiger partial charge in [0, 0.05) is 6.20 Å². The molecule has 0 atom stereocenters. The number of rotatable bonds is 6. The highest BCUT2D eigenvalue weighted by Gasteiger charge is 2.16. The van der Waals surface area contributed by atoms with E-state index in [9.17, 15) is 4.79 Å². The summed E-state index contributed by atoms with van der Waals surface area (Å²) in [6, 6.07) is 20.5. The molecule has 4 aromatic rings. The van der Waals surface area contributed by atoms with E-state index in [0.29, 0.717) is 16.2 Å². The maximum atomic E-state index is 12.5.